The molecular weight excluding hydrogens is 979 g/mol. The third kappa shape index (κ3) is 12.7. The van der Waals surface area contributed by atoms with E-state index >= 15 is 0 Å². The number of quaternary nitrogens is 2. The lowest BCUT2D eigenvalue weighted by Crippen LogP contribution is -3.00. The van der Waals surface area contributed by atoms with E-state index in [1.54, 1.807) is 36.4 Å². The SMILES string of the molecule is C[N+]1(CCCOc2ccc(F)cc2)CCC(OC(=O)C(O)(c2cccs2)c2cccs2)C1.C[N+]1(CCCc2ccccc2)CCC(OC(=O)C(O)(c2cccs2)c2cccs2)C1.[Br-].[Cl-]. The average Bonchev–Trinajstić information content (AvgIpc) is 4.13. The minimum atomic E-state index is -1.77. The number of rotatable bonds is 17. The summed E-state index contributed by atoms with van der Waals surface area (Å²) < 4.78 is 32.1. The molecule has 4 aromatic heterocycles. The van der Waals surface area contributed by atoms with Crippen molar-refractivity contribution in [3.8, 4) is 5.75 Å². The van der Waals surface area contributed by atoms with Crippen LogP contribution in [-0.2, 0) is 36.7 Å². The van der Waals surface area contributed by atoms with Crippen LogP contribution >= 0.6 is 45.3 Å². The maximum atomic E-state index is 13.2. The number of likely N-dealkylation sites (N-methyl/N-ethyl adjacent to an activating group) is 2. The van der Waals surface area contributed by atoms with Crippen LogP contribution in [0.4, 0.5) is 4.39 Å². The Labute approximate surface area is 408 Å². The number of benzene rings is 2. The number of likely N-dealkylation sites (tertiary alicyclic amines) is 2. The molecule has 2 saturated heterocycles. The highest BCUT2D eigenvalue weighted by Crippen LogP contribution is 2.39. The van der Waals surface area contributed by atoms with Crippen molar-refractivity contribution in [1.82, 2.24) is 0 Å². The Morgan fingerprint density at radius 3 is 1.47 bits per heavy atom. The van der Waals surface area contributed by atoms with E-state index < -0.39 is 23.1 Å². The number of thiophene rings is 4. The van der Waals surface area contributed by atoms with Crippen molar-refractivity contribution >= 4 is 57.3 Å². The minimum Gasteiger partial charge on any atom is -1.00 e. The average molecular weight is 1030 g/mol. The van der Waals surface area contributed by atoms with Gasteiger partial charge in [-0.05, 0) is 82.0 Å². The summed E-state index contributed by atoms with van der Waals surface area (Å²) >= 11 is 5.44. The van der Waals surface area contributed by atoms with Crippen molar-refractivity contribution < 1.29 is 76.8 Å². The Morgan fingerprint density at radius 1 is 0.641 bits per heavy atom. The van der Waals surface area contributed by atoms with Gasteiger partial charge >= 0.3 is 11.9 Å². The molecule has 0 aliphatic carbocycles. The molecule has 0 saturated carbocycles. The summed E-state index contributed by atoms with van der Waals surface area (Å²) in [5.74, 6) is -0.794. The molecule has 2 aromatic carbocycles. The summed E-state index contributed by atoms with van der Waals surface area (Å²) in [6, 6.07) is 31.0. The van der Waals surface area contributed by atoms with Gasteiger partial charge in [-0.2, -0.15) is 0 Å². The van der Waals surface area contributed by atoms with E-state index in [1.807, 2.05) is 51.9 Å². The van der Waals surface area contributed by atoms with E-state index in [-0.39, 0.29) is 47.4 Å². The van der Waals surface area contributed by atoms with Crippen LogP contribution in [0.25, 0.3) is 0 Å². The first-order chi connectivity index (χ1) is 29.9. The van der Waals surface area contributed by atoms with Gasteiger partial charge in [0.15, 0.2) is 12.2 Å². The van der Waals surface area contributed by atoms with Crippen molar-refractivity contribution in [1.29, 1.82) is 0 Å². The molecule has 2 fully saturated rings. The Kier molecular flexibility index (Phi) is 18.8. The second-order valence-corrected chi connectivity index (χ2v) is 20.5. The number of aliphatic hydroxyl groups is 2. The van der Waals surface area contributed by atoms with Crippen LogP contribution in [0.1, 0.15) is 50.8 Å². The van der Waals surface area contributed by atoms with Gasteiger partial charge in [-0.25, -0.2) is 14.0 Å². The van der Waals surface area contributed by atoms with Gasteiger partial charge in [0.05, 0.1) is 66.4 Å². The third-order valence-electron chi connectivity index (χ3n) is 11.9. The van der Waals surface area contributed by atoms with Crippen molar-refractivity contribution in [2.75, 3.05) is 60.0 Å². The first-order valence-electron chi connectivity index (χ1n) is 21.0. The Morgan fingerprint density at radius 2 is 1.06 bits per heavy atom. The molecule has 16 heteroatoms. The van der Waals surface area contributed by atoms with Crippen molar-refractivity contribution in [3.05, 3.63) is 156 Å². The Bertz CT molecular complexity index is 2220. The summed E-state index contributed by atoms with van der Waals surface area (Å²) in [4.78, 5) is 28.7. The number of hydrogen-bond acceptors (Lipinski definition) is 11. The van der Waals surface area contributed by atoms with Gasteiger partial charge in [-0.3, -0.25) is 0 Å². The van der Waals surface area contributed by atoms with E-state index in [0.717, 1.165) is 73.8 Å². The first-order valence-corrected chi connectivity index (χ1v) is 24.5. The van der Waals surface area contributed by atoms with E-state index in [9.17, 15) is 24.2 Å². The number of aryl methyl sites for hydroxylation is 1. The predicted molar refractivity (Wildman–Crippen MR) is 245 cm³/mol. The molecule has 4 atom stereocenters. The molecule has 64 heavy (non-hydrogen) atoms. The van der Waals surface area contributed by atoms with Gasteiger partial charge in [0, 0.05) is 25.7 Å². The molecule has 6 heterocycles. The monoisotopic (exact) mass is 1030 g/mol. The standard InChI is InChI=1S/C24H27FNO4S2.C24H28NO3S2.BrH.ClH/c1-26(12-4-14-29-19-9-7-18(25)8-10-19)13-11-20(17-26)30-23(27)24(28,21-5-2-15-31-21)22-6-3-16-32-22;1-25(14-5-10-19-8-3-2-4-9-19)15-13-20(18-25)28-23(26)24(27,21-11-6-16-29-21)22-12-7-17-30-22;;/h2-3,5-10,15-16,20,28H,4,11-14,17H2,1H3;2-4,6-9,11-12,16-17,20,27H,5,10,13-15,18H2,1H3;2*1H/q2*+1;;/p-2. The van der Waals surface area contributed by atoms with Crippen LogP contribution in [0.15, 0.2) is 125 Å². The fourth-order valence-electron chi connectivity index (χ4n) is 8.39. The zero-order valence-corrected chi connectivity index (χ0v) is 41.5. The summed E-state index contributed by atoms with van der Waals surface area (Å²) in [5.41, 5.74) is -2.12. The van der Waals surface area contributed by atoms with E-state index in [2.05, 4.69) is 38.4 Å². The second-order valence-electron chi connectivity index (χ2n) is 16.7. The summed E-state index contributed by atoms with van der Waals surface area (Å²) in [5, 5.41) is 30.2. The van der Waals surface area contributed by atoms with Crippen LogP contribution in [0.2, 0.25) is 0 Å². The molecule has 0 amide bonds. The van der Waals surface area contributed by atoms with Gasteiger partial charge in [0.2, 0.25) is 11.2 Å². The van der Waals surface area contributed by atoms with Gasteiger partial charge in [-0.15, -0.1) is 45.3 Å². The number of halogens is 3. The lowest BCUT2D eigenvalue weighted by Gasteiger charge is -2.30. The number of carbonyl (C=O) groups is 2. The zero-order chi connectivity index (χ0) is 43.6. The molecule has 6 aromatic rings. The zero-order valence-electron chi connectivity index (χ0n) is 35.9. The molecule has 4 unspecified atom stereocenters. The van der Waals surface area contributed by atoms with E-state index in [1.165, 1.54) is 63.0 Å². The topological polar surface area (TPSA) is 102 Å². The van der Waals surface area contributed by atoms with Gasteiger partial charge < -0.3 is 62.8 Å². The largest absolute Gasteiger partial charge is 1.00 e. The van der Waals surface area contributed by atoms with E-state index in [0.29, 0.717) is 38.4 Å². The Hall–Kier alpha value is -3.48. The summed E-state index contributed by atoms with van der Waals surface area (Å²) in [7, 11) is 4.39. The van der Waals surface area contributed by atoms with Gasteiger partial charge in [-0.1, -0.05) is 54.6 Å². The third-order valence-corrected chi connectivity index (χ3v) is 15.8. The van der Waals surface area contributed by atoms with Crippen LogP contribution in [-0.4, -0.2) is 103 Å². The highest BCUT2D eigenvalue weighted by molar-refractivity contribution is 7.12. The highest BCUT2D eigenvalue weighted by atomic mass is 79.9. The smallest absolute Gasteiger partial charge is 0.349 e. The minimum absolute atomic E-state index is 0. The number of carbonyl (C=O) groups excluding carboxylic acids is 2. The quantitative estimate of drug-likeness (QED) is 0.0825. The lowest BCUT2D eigenvalue weighted by atomic mass is 10.00. The summed E-state index contributed by atoms with van der Waals surface area (Å²) in [6.07, 6.45) is 4.20. The number of nitrogens with zero attached hydrogens (tertiary/aromatic N) is 2. The molecule has 2 N–H and O–H groups in total. The fraction of sp³-hybridized carbons (Fsp3) is 0.375. The molecule has 344 valence electrons. The maximum Gasteiger partial charge on any atom is 0.349 e. The van der Waals surface area contributed by atoms with Crippen LogP contribution in [0.5, 0.6) is 5.75 Å². The Balaban J connectivity index is 0.000000234. The summed E-state index contributed by atoms with van der Waals surface area (Å²) in [6.45, 7) is 5.87. The van der Waals surface area contributed by atoms with Crippen LogP contribution < -0.4 is 34.1 Å². The molecule has 8 rings (SSSR count). The number of ether oxygens (including phenoxy) is 3. The highest BCUT2D eigenvalue weighted by Gasteiger charge is 2.48. The van der Waals surface area contributed by atoms with Crippen LogP contribution in [0.3, 0.4) is 0 Å². The molecule has 2 aliphatic rings. The normalized spacial score (nSPS) is 20.6. The predicted octanol–water partition coefficient (Wildman–Crippen LogP) is 2.86. The van der Waals surface area contributed by atoms with Gasteiger partial charge in [0.1, 0.15) is 24.7 Å². The molecule has 0 radical (unpaired) electrons. The lowest BCUT2D eigenvalue weighted by molar-refractivity contribution is -0.899. The second kappa shape index (κ2) is 23.3. The molecule has 0 spiro atoms. The van der Waals surface area contributed by atoms with Gasteiger partial charge in [0.25, 0.3) is 0 Å². The number of esters is 2. The van der Waals surface area contributed by atoms with E-state index in [4.69, 9.17) is 14.2 Å². The molecule has 2 aliphatic heterocycles. The van der Waals surface area contributed by atoms with Crippen molar-refractivity contribution in [3.63, 3.8) is 0 Å². The van der Waals surface area contributed by atoms with Crippen LogP contribution in [0, 0.1) is 5.82 Å². The van der Waals surface area contributed by atoms with Crippen molar-refractivity contribution in [2.24, 2.45) is 0 Å². The molecule has 9 nitrogen and oxygen atoms in total. The number of hydrogen-bond donors (Lipinski definition) is 2. The van der Waals surface area contributed by atoms with Crippen molar-refractivity contribution in [2.45, 2.75) is 55.5 Å². The fourth-order valence-corrected chi connectivity index (χ4v) is 11.8. The molecular formula is C48H55BrClFN2O7S4. The molecule has 0 bridgehead atoms. The first kappa shape index (κ1) is 51.5. The maximum absolute atomic E-state index is 13.2.